The van der Waals surface area contributed by atoms with Crippen molar-refractivity contribution in [2.75, 3.05) is 40.4 Å². The van der Waals surface area contributed by atoms with Crippen LogP contribution in [-0.2, 0) is 4.74 Å². The van der Waals surface area contributed by atoms with Crippen molar-refractivity contribution in [3.05, 3.63) is 0 Å². The van der Waals surface area contributed by atoms with Gasteiger partial charge in [0.05, 0.1) is 12.2 Å². The van der Waals surface area contributed by atoms with Crippen molar-refractivity contribution in [3.8, 4) is 0 Å². The Kier molecular flexibility index (Phi) is 4.99. The number of nitrogens with zero attached hydrogens (tertiary/aromatic N) is 1. The normalized spacial score (nSPS) is 24.0. The largest absolute Gasteiger partial charge is 0.388 e. The van der Waals surface area contributed by atoms with Gasteiger partial charge >= 0.3 is 0 Å². The molecule has 15 heavy (non-hydrogen) atoms. The minimum Gasteiger partial charge on any atom is -0.388 e. The Morgan fingerprint density at radius 1 is 1.47 bits per heavy atom. The number of nitrogens with one attached hydrogen (secondary N) is 1. The number of piperidine rings is 1. The van der Waals surface area contributed by atoms with Gasteiger partial charge in [-0.3, -0.25) is 0 Å². The third-order valence-electron chi connectivity index (χ3n) is 3.11. The SMILES string of the molecule is COCC(C)NCC1(O)CCN(C)CC1. The van der Waals surface area contributed by atoms with Gasteiger partial charge in [0, 0.05) is 32.8 Å². The molecule has 1 atom stereocenters. The van der Waals surface area contributed by atoms with E-state index in [0.717, 1.165) is 25.9 Å². The minimum atomic E-state index is -0.519. The zero-order chi connectivity index (χ0) is 11.3. The molecular weight excluding hydrogens is 192 g/mol. The van der Waals surface area contributed by atoms with E-state index < -0.39 is 5.60 Å². The van der Waals surface area contributed by atoms with Gasteiger partial charge in [-0.2, -0.15) is 0 Å². The van der Waals surface area contributed by atoms with Crippen molar-refractivity contribution in [1.29, 1.82) is 0 Å². The molecule has 1 aliphatic heterocycles. The van der Waals surface area contributed by atoms with Crippen molar-refractivity contribution in [1.82, 2.24) is 10.2 Å². The fourth-order valence-electron chi connectivity index (χ4n) is 1.88. The highest BCUT2D eigenvalue weighted by molar-refractivity contribution is 4.87. The number of methoxy groups -OCH3 is 1. The number of hydrogen-bond acceptors (Lipinski definition) is 4. The van der Waals surface area contributed by atoms with Crippen LogP contribution >= 0.6 is 0 Å². The summed E-state index contributed by atoms with van der Waals surface area (Å²) < 4.78 is 5.04. The topological polar surface area (TPSA) is 44.7 Å². The summed E-state index contributed by atoms with van der Waals surface area (Å²) in [7, 11) is 3.79. The van der Waals surface area contributed by atoms with Gasteiger partial charge in [0.15, 0.2) is 0 Å². The van der Waals surface area contributed by atoms with Crippen LogP contribution in [0.15, 0.2) is 0 Å². The van der Waals surface area contributed by atoms with Gasteiger partial charge in [0.25, 0.3) is 0 Å². The van der Waals surface area contributed by atoms with Gasteiger partial charge in [-0.25, -0.2) is 0 Å². The molecule has 0 aliphatic carbocycles. The van der Waals surface area contributed by atoms with Gasteiger partial charge < -0.3 is 20.1 Å². The molecule has 90 valence electrons. The molecule has 0 saturated carbocycles. The molecule has 2 N–H and O–H groups in total. The average molecular weight is 216 g/mol. The molecule has 0 radical (unpaired) electrons. The maximum absolute atomic E-state index is 10.3. The van der Waals surface area contributed by atoms with Gasteiger partial charge in [-0.15, -0.1) is 0 Å². The highest BCUT2D eigenvalue weighted by Crippen LogP contribution is 2.20. The number of rotatable bonds is 5. The van der Waals surface area contributed by atoms with Crippen LogP contribution in [-0.4, -0.2) is 62.0 Å². The van der Waals surface area contributed by atoms with Crippen molar-refractivity contribution < 1.29 is 9.84 Å². The monoisotopic (exact) mass is 216 g/mol. The van der Waals surface area contributed by atoms with Crippen molar-refractivity contribution in [2.24, 2.45) is 0 Å². The number of ether oxygens (including phenoxy) is 1. The summed E-state index contributed by atoms with van der Waals surface area (Å²) >= 11 is 0. The second-order valence-electron chi connectivity index (χ2n) is 4.76. The van der Waals surface area contributed by atoms with Gasteiger partial charge in [-0.1, -0.05) is 0 Å². The summed E-state index contributed by atoms with van der Waals surface area (Å²) in [6.07, 6.45) is 1.71. The van der Waals surface area contributed by atoms with Gasteiger partial charge in [-0.05, 0) is 26.8 Å². The predicted octanol–water partition coefficient (Wildman–Crippen LogP) is 0.0676. The summed E-state index contributed by atoms with van der Waals surface area (Å²) in [6.45, 7) is 5.40. The molecule has 4 heteroatoms. The van der Waals surface area contributed by atoms with Crippen LogP contribution in [0.3, 0.4) is 0 Å². The fraction of sp³-hybridized carbons (Fsp3) is 1.00. The first-order valence-corrected chi connectivity index (χ1v) is 5.69. The zero-order valence-corrected chi connectivity index (χ0v) is 10.1. The van der Waals surface area contributed by atoms with Crippen molar-refractivity contribution in [3.63, 3.8) is 0 Å². The Bertz CT molecular complexity index is 179. The number of hydrogen-bond donors (Lipinski definition) is 2. The summed E-state index contributed by atoms with van der Waals surface area (Å²) in [5.41, 5.74) is -0.519. The maximum atomic E-state index is 10.3. The average Bonchev–Trinajstić information content (AvgIpc) is 2.21. The van der Waals surface area contributed by atoms with Crippen LogP contribution in [0.1, 0.15) is 19.8 Å². The molecule has 0 aromatic rings. The minimum absolute atomic E-state index is 0.304. The molecule has 1 unspecified atom stereocenters. The highest BCUT2D eigenvalue weighted by atomic mass is 16.5. The van der Waals surface area contributed by atoms with Gasteiger partial charge in [0.2, 0.25) is 0 Å². The quantitative estimate of drug-likeness (QED) is 0.682. The molecule has 1 saturated heterocycles. The van der Waals surface area contributed by atoms with E-state index in [9.17, 15) is 5.11 Å². The first-order chi connectivity index (χ1) is 7.06. The van der Waals surface area contributed by atoms with E-state index in [1.54, 1.807) is 7.11 Å². The third-order valence-corrected chi connectivity index (χ3v) is 3.11. The molecule has 0 spiro atoms. The Balaban J connectivity index is 2.24. The smallest absolute Gasteiger partial charge is 0.0796 e. The second-order valence-corrected chi connectivity index (χ2v) is 4.76. The lowest BCUT2D eigenvalue weighted by atomic mass is 9.91. The van der Waals surface area contributed by atoms with Crippen molar-refractivity contribution >= 4 is 0 Å². The molecule has 4 nitrogen and oxygen atoms in total. The molecule has 0 bridgehead atoms. The Morgan fingerprint density at radius 2 is 2.07 bits per heavy atom. The lowest BCUT2D eigenvalue weighted by Gasteiger charge is -2.37. The Morgan fingerprint density at radius 3 is 2.60 bits per heavy atom. The van der Waals surface area contributed by atoms with E-state index in [-0.39, 0.29) is 0 Å². The van der Waals surface area contributed by atoms with Crippen LogP contribution in [0.4, 0.5) is 0 Å². The van der Waals surface area contributed by atoms with Crippen LogP contribution < -0.4 is 5.32 Å². The van der Waals surface area contributed by atoms with E-state index in [2.05, 4.69) is 24.2 Å². The predicted molar refractivity (Wildman–Crippen MR) is 61.0 cm³/mol. The van der Waals surface area contributed by atoms with E-state index in [4.69, 9.17) is 4.74 Å². The molecule has 0 amide bonds. The summed E-state index contributed by atoms with van der Waals surface area (Å²) in [5, 5.41) is 13.6. The summed E-state index contributed by atoms with van der Waals surface area (Å²) in [6, 6.07) is 0.304. The summed E-state index contributed by atoms with van der Waals surface area (Å²) in [4.78, 5) is 2.26. The van der Waals surface area contributed by atoms with Crippen LogP contribution in [0.25, 0.3) is 0 Å². The van der Waals surface area contributed by atoms with E-state index >= 15 is 0 Å². The number of aliphatic hydroxyl groups is 1. The highest BCUT2D eigenvalue weighted by Gasteiger charge is 2.30. The van der Waals surface area contributed by atoms with Crippen LogP contribution in [0.5, 0.6) is 0 Å². The third kappa shape index (κ3) is 4.47. The van der Waals surface area contributed by atoms with Crippen LogP contribution in [0, 0.1) is 0 Å². The molecule has 1 fully saturated rings. The molecule has 1 heterocycles. The van der Waals surface area contributed by atoms with Gasteiger partial charge in [0.1, 0.15) is 0 Å². The number of likely N-dealkylation sites (tertiary alicyclic amines) is 1. The molecule has 0 aromatic carbocycles. The van der Waals surface area contributed by atoms with Crippen LogP contribution in [0.2, 0.25) is 0 Å². The molecule has 1 rings (SSSR count). The van der Waals surface area contributed by atoms with E-state index in [0.29, 0.717) is 19.2 Å². The fourth-order valence-corrected chi connectivity index (χ4v) is 1.88. The Hall–Kier alpha value is -0.160. The summed E-state index contributed by atoms with van der Waals surface area (Å²) in [5.74, 6) is 0. The maximum Gasteiger partial charge on any atom is 0.0796 e. The Labute approximate surface area is 92.6 Å². The standard InChI is InChI=1S/C11H24N2O2/c1-10(8-15-3)12-9-11(14)4-6-13(2)7-5-11/h10,12,14H,4-9H2,1-3H3. The molecule has 0 aromatic heterocycles. The zero-order valence-electron chi connectivity index (χ0n) is 10.1. The lowest BCUT2D eigenvalue weighted by molar-refractivity contribution is -0.0174. The van der Waals surface area contributed by atoms with E-state index in [1.807, 2.05) is 0 Å². The molecular formula is C11H24N2O2. The van der Waals surface area contributed by atoms with E-state index in [1.165, 1.54) is 0 Å². The second kappa shape index (κ2) is 5.80. The first kappa shape index (κ1) is 12.9. The lowest BCUT2D eigenvalue weighted by Crippen LogP contribution is -2.50. The first-order valence-electron chi connectivity index (χ1n) is 5.69. The van der Waals surface area contributed by atoms with Crippen molar-refractivity contribution in [2.45, 2.75) is 31.4 Å². The molecule has 1 aliphatic rings.